The summed E-state index contributed by atoms with van der Waals surface area (Å²) in [6.45, 7) is -0.626. The molecular weight excluding hydrogens is 360 g/mol. The first-order chi connectivity index (χ1) is 7.22. The van der Waals surface area contributed by atoms with Gasteiger partial charge in [-0.05, 0) is 40.3 Å². The minimum Gasteiger partial charge on any atom is -0.258 e. The standard InChI is InChI=1S/C8H6F3IO3S/c9-8(10,11)16(13,14)15-5-6-1-3-7(12)4-2-6/h1-4H,5H2. The summed E-state index contributed by atoms with van der Waals surface area (Å²) in [7, 11) is -5.51. The molecule has 90 valence electrons. The van der Waals surface area contributed by atoms with Crippen molar-refractivity contribution in [1.82, 2.24) is 0 Å². The normalized spacial score (nSPS) is 12.8. The van der Waals surface area contributed by atoms with E-state index in [1.54, 1.807) is 12.1 Å². The van der Waals surface area contributed by atoms with Crippen molar-refractivity contribution >= 4 is 32.7 Å². The topological polar surface area (TPSA) is 43.4 Å². The largest absolute Gasteiger partial charge is 0.523 e. The van der Waals surface area contributed by atoms with Crippen LogP contribution in [0, 0.1) is 3.57 Å². The number of rotatable bonds is 3. The van der Waals surface area contributed by atoms with Crippen molar-refractivity contribution in [2.75, 3.05) is 0 Å². The molecule has 0 aliphatic carbocycles. The van der Waals surface area contributed by atoms with Crippen molar-refractivity contribution < 1.29 is 25.8 Å². The average Bonchev–Trinajstić information content (AvgIpc) is 2.15. The van der Waals surface area contributed by atoms with Crippen LogP contribution in [-0.2, 0) is 20.9 Å². The third-order valence-corrected chi connectivity index (χ3v) is 3.29. The molecule has 3 nitrogen and oxygen atoms in total. The summed E-state index contributed by atoms with van der Waals surface area (Å²) in [6, 6.07) is 6.26. The summed E-state index contributed by atoms with van der Waals surface area (Å²) in [6.07, 6.45) is 0. The average molecular weight is 366 g/mol. The molecule has 0 aromatic heterocycles. The first kappa shape index (κ1) is 13.7. The second kappa shape index (κ2) is 4.88. The molecule has 0 amide bonds. The lowest BCUT2D eigenvalue weighted by molar-refractivity contribution is -0.0547. The van der Waals surface area contributed by atoms with Gasteiger partial charge in [0.05, 0.1) is 6.61 Å². The van der Waals surface area contributed by atoms with Gasteiger partial charge in [-0.25, -0.2) is 0 Å². The van der Waals surface area contributed by atoms with Gasteiger partial charge in [0.2, 0.25) is 0 Å². The molecule has 0 saturated carbocycles. The van der Waals surface area contributed by atoms with E-state index in [1.807, 2.05) is 22.6 Å². The molecule has 0 aliphatic heterocycles. The van der Waals surface area contributed by atoms with E-state index in [-0.39, 0.29) is 0 Å². The Labute approximate surface area is 104 Å². The molecule has 0 atom stereocenters. The van der Waals surface area contributed by atoms with E-state index in [0.717, 1.165) is 3.57 Å². The van der Waals surface area contributed by atoms with Gasteiger partial charge >= 0.3 is 15.6 Å². The second-order valence-corrected chi connectivity index (χ2v) is 5.64. The van der Waals surface area contributed by atoms with Gasteiger partial charge in [-0.3, -0.25) is 4.18 Å². The van der Waals surface area contributed by atoms with Crippen LogP contribution < -0.4 is 0 Å². The van der Waals surface area contributed by atoms with Crippen molar-refractivity contribution in [3.05, 3.63) is 33.4 Å². The van der Waals surface area contributed by atoms with Gasteiger partial charge in [-0.15, -0.1) is 0 Å². The molecule has 0 unspecified atom stereocenters. The third-order valence-electron chi connectivity index (χ3n) is 1.58. The quantitative estimate of drug-likeness (QED) is 0.470. The van der Waals surface area contributed by atoms with Crippen LogP contribution in [0.25, 0.3) is 0 Å². The van der Waals surface area contributed by atoms with Crippen molar-refractivity contribution in [2.24, 2.45) is 0 Å². The SMILES string of the molecule is O=S(=O)(OCc1ccc(I)cc1)C(F)(F)F. The van der Waals surface area contributed by atoms with E-state index >= 15 is 0 Å². The second-order valence-electron chi connectivity index (χ2n) is 2.79. The first-order valence-electron chi connectivity index (χ1n) is 3.92. The van der Waals surface area contributed by atoms with Gasteiger partial charge in [0, 0.05) is 3.57 Å². The summed E-state index contributed by atoms with van der Waals surface area (Å²) in [4.78, 5) is 0. The maximum absolute atomic E-state index is 11.9. The van der Waals surface area contributed by atoms with Crippen molar-refractivity contribution in [1.29, 1.82) is 0 Å². The Balaban J connectivity index is 2.69. The van der Waals surface area contributed by atoms with Gasteiger partial charge in [0.1, 0.15) is 0 Å². The van der Waals surface area contributed by atoms with Gasteiger partial charge < -0.3 is 0 Å². The van der Waals surface area contributed by atoms with Gasteiger partial charge in [0.15, 0.2) is 0 Å². The fourth-order valence-corrected chi connectivity index (χ4v) is 1.58. The number of halogens is 4. The van der Waals surface area contributed by atoms with Crippen molar-refractivity contribution in [2.45, 2.75) is 12.1 Å². The van der Waals surface area contributed by atoms with Crippen LogP contribution in [0.3, 0.4) is 0 Å². The van der Waals surface area contributed by atoms with E-state index in [0.29, 0.717) is 5.56 Å². The highest BCUT2D eigenvalue weighted by atomic mass is 127. The van der Waals surface area contributed by atoms with E-state index in [9.17, 15) is 21.6 Å². The molecule has 0 bridgehead atoms. The molecule has 16 heavy (non-hydrogen) atoms. The fraction of sp³-hybridized carbons (Fsp3) is 0.250. The van der Waals surface area contributed by atoms with Crippen LogP contribution in [-0.4, -0.2) is 13.9 Å². The number of alkyl halides is 3. The predicted octanol–water partition coefficient (Wildman–Crippen LogP) is 2.66. The Morgan fingerprint density at radius 3 is 2.12 bits per heavy atom. The Hall–Kier alpha value is -0.350. The molecule has 0 spiro atoms. The molecule has 1 aromatic carbocycles. The van der Waals surface area contributed by atoms with E-state index in [4.69, 9.17) is 0 Å². The van der Waals surface area contributed by atoms with Gasteiger partial charge in [0.25, 0.3) is 0 Å². The number of hydrogen-bond donors (Lipinski definition) is 0. The Morgan fingerprint density at radius 1 is 1.19 bits per heavy atom. The minimum absolute atomic E-state index is 0.355. The Bertz CT molecular complexity index is 452. The first-order valence-corrected chi connectivity index (χ1v) is 6.41. The summed E-state index contributed by atoms with van der Waals surface area (Å²) >= 11 is 2.01. The zero-order valence-electron chi connectivity index (χ0n) is 7.66. The molecule has 1 rings (SSSR count). The van der Waals surface area contributed by atoms with Crippen LogP contribution in [0.15, 0.2) is 24.3 Å². The summed E-state index contributed by atoms with van der Waals surface area (Å²) in [5.41, 5.74) is -5.02. The Kier molecular flexibility index (Phi) is 4.18. The van der Waals surface area contributed by atoms with Crippen molar-refractivity contribution in [3.8, 4) is 0 Å². The van der Waals surface area contributed by atoms with Gasteiger partial charge in [-0.1, -0.05) is 12.1 Å². The highest BCUT2D eigenvalue weighted by Crippen LogP contribution is 2.25. The lowest BCUT2D eigenvalue weighted by Gasteiger charge is -2.08. The van der Waals surface area contributed by atoms with Crippen LogP contribution in [0.1, 0.15) is 5.56 Å². The summed E-state index contributed by atoms with van der Waals surface area (Å²) in [5.74, 6) is 0. The van der Waals surface area contributed by atoms with Crippen LogP contribution >= 0.6 is 22.6 Å². The van der Waals surface area contributed by atoms with E-state index in [2.05, 4.69) is 4.18 Å². The maximum atomic E-state index is 11.9. The third kappa shape index (κ3) is 3.59. The fourth-order valence-electron chi connectivity index (χ4n) is 0.793. The molecule has 0 heterocycles. The molecule has 1 aromatic rings. The molecular formula is C8H6F3IO3S. The van der Waals surface area contributed by atoms with E-state index < -0.39 is 22.2 Å². The minimum atomic E-state index is -5.51. The van der Waals surface area contributed by atoms with Crippen LogP contribution in [0.5, 0.6) is 0 Å². The van der Waals surface area contributed by atoms with Crippen LogP contribution in [0.2, 0.25) is 0 Å². The van der Waals surface area contributed by atoms with Gasteiger partial charge in [-0.2, -0.15) is 21.6 Å². The lowest BCUT2D eigenvalue weighted by Crippen LogP contribution is -2.25. The van der Waals surface area contributed by atoms with Crippen molar-refractivity contribution in [3.63, 3.8) is 0 Å². The zero-order chi connectivity index (χ0) is 12.4. The summed E-state index contributed by atoms with van der Waals surface area (Å²) in [5, 5.41) is 0. The van der Waals surface area contributed by atoms with Crippen LogP contribution in [0.4, 0.5) is 13.2 Å². The number of benzene rings is 1. The lowest BCUT2D eigenvalue weighted by atomic mass is 10.2. The molecule has 0 N–H and O–H groups in total. The van der Waals surface area contributed by atoms with E-state index in [1.165, 1.54) is 12.1 Å². The Morgan fingerprint density at radius 2 is 1.69 bits per heavy atom. The number of hydrogen-bond acceptors (Lipinski definition) is 3. The smallest absolute Gasteiger partial charge is 0.258 e. The molecule has 0 fully saturated rings. The highest BCUT2D eigenvalue weighted by Gasteiger charge is 2.47. The summed E-state index contributed by atoms with van der Waals surface area (Å²) < 4.78 is 61.5. The maximum Gasteiger partial charge on any atom is 0.523 e. The zero-order valence-corrected chi connectivity index (χ0v) is 10.6. The monoisotopic (exact) mass is 366 g/mol. The molecule has 0 radical (unpaired) electrons. The molecule has 0 saturated heterocycles. The molecule has 8 heteroatoms. The predicted molar refractivity (Wildman–Crippen MR) is 58.9 cm³/mol. The molecule has 0 aliphatic rings. The highest BCUT2D eigenvalue weighted by molar-refractivity contribution is 14.1.